The van der Waals surface area contributed by atoms with Crippen molar-refractivity contribution in [3.8, 4) is 0 Å². The molecule has 1 aromatic heterocycles. The number of likely N-dealkylation sites (tertiary alicyclic amines) is 1. The van der Waals surface area contributed by atoms with E-state index in [1.807, 2.05) is 0 Å². The molecule has 1 fully saturated rings. The first-order chi connectivity index (χ1) is 8.22. The minimum Gasteiger partial charge on any atom is -0.297 e. The second-order valence-electron chi connectivity index (χ2n) is 4.75. The van der Waals surface area contributed by atoms with Crippen LogP contribution in [0.5, 0.6) is 0 Å². The molecule has 4 heteroatoms. The van der Waals surface area contributed by atoms with Gasteiger partial charge in [0.15, 0.2) is 0 Å². The highest BCUT2D eigenvalue weighted by Crippen LogP contribution is 2.19. The maximum absolute atomic E-state index is 4.61. The molecule has 0 aliphatic carbocycles. The molecule has 1 aliphatic heterocycles. The van der Waals surface area contributed by atoms with Gasteiger partial charge in [0.2, 0.25) is 0 Å². The molecule has 96 valence electrons. The highest BCUT2D eigenvalue weighted by molar-refractivity contribution is 9.09. The lowest BCUT2D eigenvalue weighted by atomic mass is 10.1. The van der Waals surface area contributed by atoms with Gasteiger partial charge in [-0.25, -0.2) is 0 Å². The van der Waals surface area contributed by atoms with Crippen LogP contribution in [0.2, 0.25) is 0 Å². The summed E-state index contributed by atoms with van der Waals surface area (Å²) in [6.07, 6.45) is 3.56. The van der Waals surface area contributed by atoms with Crippen molar-refractivity contribution in [1.29, 1.82) is 0 Å². The van der Waals surface area contributed by atoms with E-state index < -0.39 is 0 Å². The zero-order chi connectivity index (χ0) is 12.3. The monoisotopic (exact) mass is 299 g/mol. The summed E-state index contributed by atoms with van der Waals surface area (Å²) in [5.41, 5.74) is 2.59. The largest absolute Gasteiger partial charge is 0.297 e. The fourth-order valence-electron chi connectivity index (χ4n) is 2.38. The van der Waals surface area contributed by atoms with Gasteiger partial charge in [0, 0.05) is 17.9 Å². The fraction of sp³-hybridized carbons (Fsp3) is 0.769. The Hall–Kier alpha value is -0.350. The number of alkyl halides is 1. The van der Waals surface area contributed by atoms with E-state index in [4.69, 9.17) is 0 Å². The number of piperidine rings is 1. The fourth-order valence-corrected chi connectivity index (χ4v) is 2.79. The molecule has 0 amide bonds. The molecule has 0 saturated carbocycles. The van der Waals surface area contributed by atoms with E-state index >= 15 is 0 Å². The van der Waals surface area contributed by atoms with Crippen molar-refractivity contribution < 1.29 is 0 Å². The summed E-state index contributed by atoms with van der Waals surface area (Å²) < 4.78 is 2.15. The third kappa shape index (κ3) is 3.32. The minimum atomic E-state index is 0.723. The number of hydrogen-bond acceptors (Lipinski definition) is 2. The van der Waals surface area contributed by atoms with Crippen LogP contribution in [0.25, 0.3) is 0 Å². The normalized spacial score (nSPS) is 18.8. The summed E-state index contributed by atoms with van der Waals surface area (Å²) in [6, 6.07) is 2.27. The van der Waals surface area contributed by atoms with E-state index in [1.165, 1.54) is 37.3 Å². The van der Waals surface area contributed by atoms with Gasteiger partial charge in [-0.05, 0) is 45.3 Å². The summed E-state index contributed by atoms with van der Waals surface area (Å²) in [5, 5.41) is 4.61. The second kappa shape index (κ2) is 6.01. The van der Waals surface area contributed by atoms with Crippen molar-refractivity contribution in [2.75, 3.05) is 13.1 Å². The molecular formula is C13H22BrN3. The first-order valence-corrected chi connectivity index (χ1v) is 7.56. The van der Waals surface area contributed by atoms with E-state index in [9.17, 15) is 0 Å². The maximum Gasteiger partial charge on any atom is 0.0625 e. The number of aryl methyl sites for hydroxylation is 2. The van der Waals surface area contributed by atoms with Crippen LogP contribution in [0, 0.1) is 0 Å². The van der Waals surface area contributed by atoms with Gasteiger partial charge >= 0.3 is 0 Å². The predicted octanol–water partition coefficient (Wildman–Crippen LogP) is 2.82. The molecule has 0 unspecified atom stereocenters. The molecule has 17 heavy (non-hydrogen) atoms. The summed E-state index contributed by atoms with van der Waals surface area (Å²) >= 11 is 3.70. The molecule has 0 N–H and O–H groups in total. The Bertz CT molecular complexity index is 354. The van der Waals surface area contributed by atoms with Crippen molar-refractivity contribution >= 4 is 15.9 Å². The van der Waals surface area contributed by atoms with E-state index in [0.717, 1.165) is 24.3 Å². The van der Waals surface area contributed by atoms with Crippen LogP contribution in [0.4, 0.5) is 0 Å². The SMILES string of the molecule is CCc1cc(CN2CCC(Br)CC2)n(CC)n1. The van der Waals surface area contributed by atoms with Crippen molar-refractivity contribution in [2.24, 2.45) is 0 Å². The minimum absolute atomic E-state index is 0.723. The molecule has 0 atom stereocenters. The molecule has 0 bridgehead atoms. The van der Waals surface area contributed by atoms with Crippen LogP contribution in [0.15, 0.2) is 6.07 Å². The molecule has 0 radical (unpaired) electrons. The molecular weight excluding hydrogens is 278 g/mol. The Morgan fingerprint density at radius 2 is 2.06 bits per heavy atom. The van der Waals surface area contributed by atoms with Gasteiger partial charge in [-0.1, -0.05) is 22.9 Å². The molecule has 2 heterocycles. The molecule has 0 spiro atoms. The summed E-state index contributed by atoms with van der Waals surface area (Å²) in [5.74, 6) is 0. The van der Waals surface area contributed by atoms with Gasteiger partial charge in [0.25, 0.3) is 0 Å². The predicted molar refractivity (Wildman–Crippen MR) is 74.5 cm³/mol. The number of hydrogen-bond donors (Lipinski definition) is 0. The summed E-state index contributed by atoms with van der Waals surface area (Å²) in [4.78, 5) is 3.27. The number of halogens is 1. The highest BCUT2D eigenvalue weighted by atomic mass is 79.9. The van der Waals surface area contributed by atoms with Crippen molar-refractivity contribution in [3.63, 3.8) is 0 Å². The molecule has 1 aliphatic rings. The van der Waals surface area contributed by atoms with Crippen molar-refractivity contribution in [1.82, 2.24) is 14.7 Å². The lowest BCUT2D eigenvalue weighted by molar-refractivity contribution is 0.220. The van der Waals surface area contributed by atoms with Gasteiger partial charge in [-0.3, -0.25) is 9.58 Å². The number of rotatable bonds is 4. The van der Waals surface area contributed by atoms with Crippen LogP contribution in [0.1, 0.15) is 38.1 Å². The van der Waals surface area contributed by atoms with Gasteiger partial charge in [0.05, 0.1) is 11.4 Å². The smallest absolute Gasteiger partial charge is 0.0625 e. The topological polar surface area (TPSA) is 21.1 Å². The Morgan fingerprint density at radius 3 is 2.65 bits per heavy atom. The lowest BCUT2D eigenvalue weighted by Gasteiger charge is -2.29. The Labute approximate surface area is 112 Å². The first kappa shape index (κ1) is 13.1. The second-order valence-corrected chi connectivity index (χ2v) is 6.04. The average Bonchev–Trinajstić information content (AvgIpc) is 2.74. The van der Waals surface area contributed by atoms with E-state index in [1.54, 1.807) is 0 Å². The number of aromatic nitrogens is 2. The Morgan fingerprint density at radius 1 is 1.35 bits per heavy atom. The summed E-state index contributed by atoms with van der Waals surface area (Å²) in [6.45, 7) is 8.77. The zero-order valence-corrected chi connectivity index (χ0v) is 12.4. The van der Waals surface area contributed by atoms with E-state index in [0.29, 0.717) is 0 Å². The summed E-state index contributed by atoms with van der Waals surface area (Å²) in [7, 11) is 0. The van der Waals surface area contributed by atoms with Crippen LogP contribution in [-0.2, 0) is 19.5 Å². The molecule has 1 aromatic rings. The van der Waals surface area contributed by atoms with Crippen LogP contribution >= 0.6 is 15.9 Å². The zero-order valence-electron chi connectivity index (χ0n) is 10.8. The highest BCUT2D eigenvalue weighted by Gasteiger charge is 2.18. The number of nitrogens with zero attached hydrogens (tertiary/aromatic N) is 3. The van der Waals surface area contributed by atoms with Gasteiger partial charge in [0.1, 0.15) is 0 Å². The van der Waals surface area contributed by atoms with Crippen LogP contribution < -0.4 is 0 Å². The molecule has 2 rings (SSSR count). The Kier molecular flexibility index (Phi) is 4.62. The van der Waals surface area contributed by atoms with Gasteiger partial charge < -0.3 is 0 Å². The maximum atomic E-state index is 4.61. The van der Waals surface area contributed by atoms with Crippen molar-refractivity contribution in [2.45, 2.75) is 51.0 Å². The standard InChI is InChI=1S/C13H22BrN3/c1-3-12-9-13(17(4-2)15-12)10-16-7-5-11(14)6-8-16/h9,11H,3-8,10H2,1-2H3. The average molecular weight is 300 g/mol. The Balaban J connectivity index is 1.99. The van der Waals surface area contributed by atoms with Crippen molar-refractivity contribution in [3.05, 3.63) is 17.5 Å². The first-order valence-electron chi connectivity index (χ1n) is 6.65. The molecule has 3 nitrogen and oxygen atoms in total. The van der Waals surface area contributed by atoms with E-state index in [2.05, 4.69) is 50.5 Å². The third-order valence-corrected chi connectivity index (χ3v) is 4.39. The quantitative estimate of drug-likeness (QED) is 0.797. The van der Waals surface area contributed by atoms with Gasteiger partial charge in [-0.15, -0.1) is 0 Å². The molecule has 0 aromatic carbocycles. The van der Waals surface area contributed by atoms with Crippen LogP contribution in [0.3, 0.4) is 0 Å². The molecule has 1 saturated heterocycles. The van der Waals surface area contributed by atoms with E-state index in [-0.39, 0.29) is 0 Å². The lowest BCUT2D eigenvalue weighted by Crippen LogP contribution is -2.34. The van der Waals surface area contributed by atoms with Gasteiger partial charge in [-0.2, -0.15) is 5.10 Å². The van der Waals surface area contributed by atoms with Crippen LogP contribution in [-0.4, -0.2) is 32.6 Å². The third-order valence-electron chi connectivity index (χ3n) is 3.48.